The van der Waals surface area contributed by atoms with Crippen LogP contribution in [0.15, 0.2) is 71.3 Å². The third-order valence-corrected chi connectivity index (χ3v) is 11.5. The van der Waals surface area contributed by atoms with Gasteiger partial charge in [-0.3, -0.25) is 19.7 Å². The van der Waals surface area contributed by atoms with Crippen LogP contribution >= 0.6 is 22.7 Å². The summed E-state index contributed by atoms with van der Waals surface area (Å²) < 4.78 is 5.14. The average Bonchev–Trinajstić information content (AvgIpc) is 4.13. The van der Waals surface area contributed by atoms with Gasteiger partial charge in [0.25, 0.3) is 0 Å². The van der Waals surface area contributed by atoms with Crippen molar-refractivity contribution in [2.75, 3.05) is 55.2 Å². The number of hydrogen-bond donors (Lipinski definition) is 3. The summed E-state index contributed by atoms with van der Waals surface area (Å²) in [4.78, 5) is 40.8. The number of nitrogens with one attached hydrogen (secondary N) is 3. The first-order chi connectivity index (χ1) is 28.7. The van der Waals surface area contributed by atoms with Crippen LogP contribution in [0.3, 0.4) is 0 Å². The monoisotopic (exact) mass is 832 g/mol. The molecule has 0 bridgehead atoms. The molecule has 0 radical (unpaired) electrons. The lowest BCUT2D eigenvalue weighted by Crippen LogP contribution is -2.25. The molecule has 20 heteroatoms. The number of carbonyl (C=O) groups is 3. The molecule has 302 valence electrons. The Balaban J connectivity index is 0.000000150. The van der Waals surface area contributed by atoms with Crippen LogP contribution in [0, 0.1) is 52.1 Å². The Morgan fingerprint density at radius 2 is 1.15 bits per heavy atom. The molecular weight excluding hydrogens is 793 g/mol. The summed E-state index contributed by atoms with van der Waals surface area (Å²) in [5.74, 6) is -0.435. The first kappa shape index (κ1) is 41.7. The van der Waals surface area contributed by atoms with E-state index in [0.29, 0.717) is 74.0 Å². The number of aromatic nitrogens is 5. The van der Waals surface area contributed by atoms with E-state index < -0.39 is 0 Å². The third kappa shape index (κ3) is 11.6. The molecule has 3 unspecified atom stereocenters. The molecule has 3 aromatic heterocycles. The molecule has 59 heavy (non-hydrogen) atoms. The Hall–Kier alpha value is -6.95. The average molecular weight is 833 g/mol. The van der Waals surface area contributed by atoms with Gasteiger partial charge in [-0.2, -0.15) is 15.8 Å². The molecule has 3 saturated heterocycles. The summed E-state index contributed by atoms with van der Waals surface area (Å²) in [6, 6.07) is 21.0. The molecule has 0 aliphatic carbocycles. The number of hydrogen-bond acceptors (Lipinski definition) is 17. The van der Waals surface area contributed by atoms with Crippen LogP contribution in [-0.2, 0) is 20.8 Å². The standard InChI is InChI=1S/C15H14N4O2.C14H13N5OS.C10H13N5OS/c16-10-19-7-6-12(9-19)15(20)17-14-8-13(18-21-14)11-4-2-1-3-5-11;15-9-19-7-6-11(8-19)12(20)16-14-18-17-13(21-14)10-4-2-1-3-5-10;1-2-8-13-14-10(17-8)12-9(16)7-3-4-15(5-7)6-11/h1-5,8,12H,6-7,9H2,(H,17,20);1-5,11H,6-8H2,(H,16,18,20);7H,2-5H2,1H3,(H,12,14,16). The lowest BCUT2D eigenvalue weighted by molar-refractivity contribution is -0.120. The number of benzene rings is 2. The Kier molecular flexibility index (Phi) is 14.5. The van der Waals surface area contributed by atoms with E-state index in [-0.39, 0.29) is 35.5 Å². The van der Waals surface area contributed by atoms with Crippen molar-refractivity contribution < 1.29 is 18.9 Å². The minimum atomic E-state index is -0.185. The van der Waals surface area contributed by atoms with Crippen LogP contribution in [0.25, 0.3) is 21.8 Å². The maximum absolute atomic E-state index is 12.1. The van der Waals surface area contributed by atoms with Crippen LogP contribution in [0.4, 0.5) is 16.1 Å². The van der Waals surface area contributed by atoms with Gasteiger partial charge in [0.05, 0.1) is 17.8 Å². The van der Waals surface area contributed by atoms with Crippen molar-refractivity contribution in [1.29, 1.82) is 15.8 Å². The molecule has 8 rings (SSSR count). The summed E-state index contributed by atoms with van der Waals surface area (Å²) in [7, 11) is 0. The van der Waals surface area contributed by atoms with Gasteiger partial charge in [0.1, 0.15) is 15.7 Å². The Labute approximate surface area is 348 Å². The molecule has 5 aromatic rings. The van der Waals surface area contributed by atoms with Gasteiger partial charge in [-0.1, -0.05) is 95.4 Å². The minimum absolute atomic E-state index is 0.0680. The van der Waals surface area contributed by atoms with Crippen LogP contribution in [-0.4, -0.2) is 97.2 Å². The van der Waals surface area contributed by atoms with Gasteiger partial charge in [-0.25, -0.2) is 0 Å². The Bertz CT molecular complexity index is 2190. The highest BCUT2D eigenvalue weighted by molar-refractivity contribution is 7.18. The fourth-order valence-corrected chi connectivity index (χ4v) is 7.77. The molecule has 0 saturated carbocycles. The predicted octanol–water partition coefficient (Wildman–Crippen LogP) is 4.87. The zero-order valence-electron chi connectivity index (χ0n) is 32.0. The Morgan fingerprint density at radius 1 is 0.678 bits per heavy atom. The second kappa shape index (κ2) is 20.5. The van der Waals surface area contributed by atoms with Gasteiger partial charge in [0.15, 0.2) is 18.6 Å². The van der Waals surface area contributed by atoms with E-state index in [9.17, 15) is 14.4 Å². The number of aryl methyl sites for hydroxylation is 1. The fourth-order valence-electron chi connectivity index (χ4n) is 6.33. The molecule has 18 nitrogen and oxygen atoms in total. The van der Waals surface area contributed by atoms with Gasteiger partial charge in [0.2, 0.25) is 33.9 Å². The van der Waals surface area contributed by atoms with E-state index in [1.807, 2.05) is 67.6 Å². The lowest BCUT2D eigenvalue weighted by atomic mass is 10.1. The molecular formula is C39H40N14O4S2. The highest BCUT2D eigenvalue weighted by Crippen LogP contribution is 2.28. The van der Waals surface area contributed by atoms with Gasteiger partial charge >= 0.3 is 0 Å². The molecule has 0 spiro atoms. The van der Waals surface area contributed by atoms with Gasteiger partial charge in [-0.15, -0.1) is 20.4 Å². The largest absolute Gasteiger partial charge is 0.338 e. The lowest BCUT2D eigenvalue weighted by Gasteiger charge is -2.08. The molecule has 3 fully saturated rings. The second-order valence-electron chi connectivity index (χ2n) is 13.6. The van der Waals surface area contributed by atoms with Crippen LogP contribution in [0.2, 0.25) is 0 Å². The normalized spacial score (nSPS) is 17.9. The van der Waals surface area contributed by atoms with E-state index >= 15 is 0 Å². The van der Waals surface area contributed by atoms with E-state index in [1.165, 1.54) is 22.7 Å². The third-order valence-electron chi connectivity index (χ3n) is 9.60. The summed E-state index contributed by atoms with van der Waals surface area (Å²) >= 11 is 2.74. The van der Waals surface area contributed by atoms with Crippen molar-refractivity contribution in [3.63, 3.8) is 0 Å². The summed E-state index contributed by atoms with van der Waals surface area (Å²) in [5.41, 5.74) is 2.58. The van der Waals surface area contributed by atoms with Gasteiger partial charge in [0, 0.05) is 56.5 Å². The number of amides is 3. The highest BCUT2D eigenvalue weighted by atomic mass is 32.1. The zero-order chi connectivity index (χ0) is 41.6. The van der Waals surface area contributed by atoms with Crippen LogP contribution in [0.1, 0.15) is 31.2 Å². The zero-order valence-corrected chi connectivity index (χ0v) is 33.7. The molecule has 2 aromatic carbocycles. The molecule has 3 N–H and O–H groups in total. The van der Waals surface area contributed by atoms with Crippen LogP contribution < -0.4 is 16.0 Å². The quantitative estimate of drug-likeness (QED) is 0.168. The number of likely N-dealkylation sites (tertiary alicyclic amines) is 3. The van der Waals surface area contributed by atoms with Crippen LogP contribution in [0.5, 0.6) is 0 Å². The van der Waals surface area contributed by atoms with Gasteiger partial charge < -0.3 is 29.9 Å². The van der Waals surface area contributed by atoms with Crippen molar-refractivity contribution in [3.05, 3.63) is 71.7 Å². The summed E-state index contributed by atoms with van der Waals surface area (Å²) in [5, 5.41) is 57.2. The summed E-state index contributed by atoms with van der Waals surface area (Å²) in [6.45, 7) is 5.36. The second-order valence-corrected chi connectivity index (χ2v) is 15.7. The molecule has 3 atom stereocenters. The molecule has 3 amide bonds. The number of anilines is 3. The molecule has 3 aliphatic rings. The van der Waals surface area contributed by atoms with E-state index in [4.69, 9.17) is 20.3 Å². The molecule has 6 heterocycles. The SMILES string of the molecule is CCc1nnc(NC(=O)C2CCN(C#N)C2)s1.N#CN1CCC(C(=O)Nc2cc(-c3ccccc3)no2)C1.N#CN1CCC(C(=O)Nc2nnc(-c3ccccc3)s2)C1. The van der Waals surface area contributed by atoms with E-state index in [0.717, 1.165) is 34.0 Å². The van der Waals surface area contributed by atoms with Crippen molar-refractivity contribution >= 4 is 56.5 Å². The highest BCUT2D eigenvalue weighted by Gasteiger charge is 2.30. The number of nitrogens with zero attached hydrogens (tertiary/aromatic N) is 11. The number of rotatable bonds is 9. The minimum Gasteiger partial charge on any atom is -0.338 e. The first-order valence-electron chi connectivity index (χ1n) is 18.8. The van der Waals surface area contributed by atoms with Crippen molar-refractivity contribution in [2.24, 2.45) is 17.8 Å². The Morgan fingerprint density at radius 3 is 1.63 bits per heavy atom. The van der Waals surface area contributed by atoms with Gasteiger partial charge in [-0.05, 0) is 25.7 Å². The van der Waals surface area contributed by atoms with E-state index in [2.05, 4.69) is 60.1 Å². The predicted molar refractivity (Wildman–Crippen MR) is 218 cm³/mol. The van der Waals surface area contributed by atoms with E-state index in [1.54, 1.807) is 20.8 Å². The maximum Gasteiger partial charge on any atom is 0.231 e. The van der Waals surface area contributed by atoms with Crippen molar-refractivity contribution in [1.82, 2.24) is 40.3 Å². The smallest absolute Gasteiger partial charge is 0.231 e. The fraction of sp³-hybridized carbons (Fsp3) is 0.359. The summed E-state index contributed by atoms with van der Waals surface area (Å²) in [6.07, 6.45) is 9.09. The number of nitriles is 3. The topological polar surface area (TPSA) is 246 Å². The number of carbonyl (C=O) groups excluding carboxylic acids is 3. The molecule has 3 aliphatic heterocycles. The van der Waals surface area contributed by atoms with Crippen molar-refractivity contribution in [3.8, 4) is 40.4 Å². The van der Waals surface area contributed by atoms with Crippen molar-refractivity contribution in [2.45, 2.75) is 32.6 Å². The maximum atomic E-state index is 12.1. The first-order valence-corrected chi connectivity index (χ1v) is 20.5.